The fourth-order valence-corrected chi connectivity index (χ4v) is 3.18. The molecule has 1 aromatic rings. The third-order valence-corrected chi connectivity index (χ3v) is 4.28. The van der Waals surface area contributed by atoms with E-state index in [9.17, 15) is 24.9 Å². The Kier molecular flexibility index (Phi) is 3.96. The second-order valence-electron chi connectivity index (χ2n) is 6.02. The molecule has 24 heavy (non-hydrogen) atoms. The van der Waals surface area contributed by atoms with Crippen molar-refractivity contribution in [1.29, 1.82) is 0 Å². The van der Waals surface area contributed by atoms with Crippen LogP contribution in [0, 0.1) is 0 Å². The molecule has 1 unspecified atom stereocenters. The fraction of sp³-hybridized carbons (Fsp3) is 0.412. The number of fused-ring (bicyclic) bond motifs is 2. The highest BCUT2D eigenvalue weighted by atomic mass is 16.5. The summed E-state index contributed by atoms with van der Waals surface area (Å²) >= 11 is 0. The minimum atomic E-state index is -0.691. The third kappa shape index (κ3) is 2.41. The van der Waals surface area contributed by atoms with Crippen molar-refractivity contribution in [2.45, 2.75) is 38.4 Å². The molecule has 0 bridgehead atoms. The summed E-state index contributed by atoms with van der Waals surface area (Å²) in [6, 6.07) is 0. The van der Waals surface area contributed by atoms with Crippen molar-refractivity contribution < 1.29 is 34.4 Å². The second-order valence-corrected chi connectivity index (χ2v) is 6.02. The number of phenolic OH excluding ortho intramolecular Hbond substituents is 2. The molecule has 7 nitrogen and oxygen atoms in total. The van der Waals surface area contributed by atoms with Gasteiger partial charge in [0.25, 0.3) is 0 Å². The van der Waals surface area contributed by atoms with E-state index in [1.54, 1.807) is 6.92 Å². The zero-order chi connectivity index (χ0) is 17.6. The summed E-state index contributed by atoms with van der Waals surface area (Å²) in [4.78, 5) is 24.6. The van der Waals surface area contributed by atoms with E-state index in [0.29, 0.717) is 24.8 Å². The molecular formula is C17H18O7. The minimum Gasteiger partial charge on any atom is -0.507 e. The first-order chi connectivity index (χ1) is 11.3. The highest BCUT2D eigenvalue weighted by Gasteiger charge is 2.38. The zero-order valence-corrected chi connectivity index (χ0v) is 13.3. The molecule has 0 saturated carbocycles. The van der Waals surface area contributed by atoms with Gasteiger partial charge in [0.15, 0.2) is 23.0 Å². The van der Waals surface area contributed by atoms with Crippen LogP contribution in [0.2, 0.25) is 0 Å². The van der Waals surface area contributed by atoms with Crippen molar-refractivity contribution in [2.24, 2.45) is 0 Å². The van der Waals surface area contributed by atoms with E-state index in [1.165, 1.54) is 7.11 Å². The number of hydrogen-bond donors (Lipinski definition) is 3. The Labute approximate surface area is 138 Å². The van der Waals surface area contributed by atoms with Gasteiger partial charge in [0.1, 0.15) is 11.9 Å². The maximum absolute atomic E-state index is 12.4. The topological polar surface area (TPSA) is 113 Å². The standard InChI is InChI=1S/C17H18O7/c1-7(18)5-8-3-4-9-14(20)12-10(19)6-11(23-2)15(21)13(12)16(22)17(9)24-8/h6-8,18,20,22H,3-5H2,1-2H3/t7?,8-/m1/s1. The maximum Gasteiger partial charge on any atom is 0.232 e. The number of Topliss-reactive ketones (excluding diaryl/α,β-unsaturated/α-hetero) is 1. The smallest absolute Gasteiger partial charge is 0.232 e. The van der Waals surface area contributed by atoms with Crippen molar-refractivity contribution in [2.75, 3.05) is 7.11 Å². The van der Waals surface area contributed by atoms with Crippen LogP contribution >= 0.6 is 0 Å². The Bertz CT molecular complexity index is 761. The van der Waals surface area contributed by atoms with Crippen LogP contribution in [0.3, 0.4) is 0 Å². The van der Waals surface area contributed by atoms with Crippen LogP contribution in [0.4, 0.5) is 0 Å². The molecule has 0 saturated heterocycles. The lowest BCUT2D eigenvalue weighted by Crippen LogP contribution is -2.28. The number of carbonyl (C=O) groups is 2. The quantitative estimate of drug-likeness (QED) is 0.717. The molecule has 128 valence electrons. The molecule has 1 aliphatic heterocycles. The van der Waals surface area contributed by atoms with Crippen LogP contribution in [0.15, 0.2) is 11.8 Å². The molecule has 0 aromatic heterocycles. The van der Waals surface area contributed by atoms with Crippen molar-refractivity contribution >= 4 is 11.6 Å². The summed E-state index contributed by atoms with van der Waals surface area (Å²) in [5.41, 5.74) is -0.244. The van der Waals surface area contributed by atoms with E-state index in [2.05, 4.69) is 0 Å². The zero-order valence-electron chi connectivity index (χ0n) is 13.3. The highest BCUT2D eigenvalue weighted by molar-refractivity contribution is 6.26. The number of aromatic hydroxyl groups is 2. The lowest BCUT2D eigenvalue weighted by atomic mass is 9.86. The van der Waals surface area contributed by atoms with E-state index in [-0.39, 0.29) is 34.5 Å². The number of rotatable bonds is 3. The first kappa shape index (κ1) is 16.3. The number of methoxy groups -OCH3 is 1. The number of allylic oxidation sites excluding steroid dienone is 2. The molecule has 2 aliphatic rings. The number of ketones is 2. The molecule has 3 rings (SSSR count). The van der Waals surface area contributed by atoms with E-state index >= 15 is 0 Å². The number of ether oxygens (including phenoxy) is 2. The molecule has 1 heterocycles. The monoisotopic (exact) mass is 334 g/mol. The van der Waals surface area contributed by atoms with Gasteiger partial charge in [0, 0.05) is 18.1 Å². The van der Waals surface area contributed by atoms with Gasteiger partial charge < -0.3 is 24.8 Å². The first-order valence-electron chi connectivity index (χ1n) is 7.65. The van der Waals surface area contributed by atoms with Gasteiger partial charge in [-0.25, -0.2) is 0 Å². The summed E-state index contributed by atoms with van der Waals surface area (Å²) < 4.78 is 10.5. The van der Waals surface area contributed by atoms with Gasteiger partial charge in [0.05, 0.1) is 24.3 Å². The Morgan fingerprint density at radius 2 is 2.00 bits per heavy atom. The summed E-state index contributed by atoms with van der Waals surface area (Å²) in [6.07, 6.45) is 1.29. The lowest BCUT2D eigenvalue weighted by molar-refractivity contribution is 0.0863. The fourth-order valence-electron chi connectivity index (χ4n) is 3.18. The number of aliphatic hydroxyl groups excluding tert-OH is 1. The van der Waals surface area contributed by atoms with E-state index in [1.807, 2.05) is 0 Å². The molecule has 0 spiro atoms. The van der Waals surface area contributed by atoms with Gasteiger partial charge in [-0.15, -0.1) is 0 Å². The summed E-state index contributed by atoms with van der Waals surface area (Å²) in [6.45, 7) is 1.63. The van der Waals surface area contributed by atoms with Crippen LogP contribution in [0.25, 0.3) is 0 Å². The van der Waals surface area contributed by atoms with Crippen molar-refractivity contribution in [1.82, 2.24) is 0 Å². The molecule has 0 radical (unpaired) electrons. The van der Waals surface area contributed by atoms with Gasteiger partial charge in [-0.05, 0) is 19.8 Å². The maximum atomic E-state index is 12.4. The number of benzene rings is 1. The predicted octanol–water partition coefficient (Wildman–Crippen LogP) is 1.47. The van der Waals surface area contributed by atoms with E-state index in [0.717, 1.165) is 6.08 Å². The van der Waals surface area contributed by atoms with Crippen molar-refractivity contribution in [3.63, 3.8) is 0 Å². The Balaban J connectivity index is 2.14. The Morgan fingerprint density at radius 1 is 1.29 bits per heavy atom. The van der Waals surface area contributed by atoms with Crippen LogP contribution in [0.5, 0.6) is 17.2 Å². The summed E-state index contributed by atoms with van der Waals surface area (Å²) in [7, 11) is 1.24. The summed E-state index contributed by atoms with van der Waals surface area (Å²) in [5.74, 6) is -2.35. The van der Waals surface area contributed by atoms with Gasteiger partial charge >= 0.3 is 0 Å². The van der Waals surface area contributed by atoms with Gasteiger partial charge in [-0.3, -0.25) is 9.59 Å². The molecule has 2 atom stereocenters. The lowest BCUT2D eigenvalue weighted by Gasteiger charge is -2.30. The van der Waals surface area contributed by atoms with E-state index < -0.39 is 23.4 Å². The third-order valence-electron chi connectivity index (χ3n) is 4.28. The molecule has 1 aromatic carbocycles. The molecule has 3 N–H and O–H groups in total. The number of hydrogen-bond acceptors (Lipinski definition) is 7. The molecule has 7 heteroatoms. The normalized spacial score (nSPS) is 20.6. The molecule has 0 amide bonds. The van der Waals surface area contributed by atoms with Crippen molar-refractivity contribution in [3.05, 3.63) is 28.5 Å². The van der Waals surface area contributed by atoms with Crippen LogP contribution in [-0.4, -0.2) is 46.2 Å². The average Bonchev–Trinajstić information content (AvgIpc) is 2.53. The van der Waals surface area contributed by atoms with Gasteiger partial charge in [-0.2, -0.15) is 0 Å². The summed E-state index contributed by atoms with van der Waals surface area (Å²) in [5, 5.41) is 30.4. The molecular weight excluding hydrogens is 316 g/mol. The van der Waals surface area contributed by atoms with Gasteiger partial charge in [-0.1, -0.05) is 0 Å². The number of phenols is 2. The van der Waals surface area contributed by atoms with Crippen LogP contribution in [-0.2, 0) is 11.2 Å². The van der Waals surface area contributed by atoms with Gasteiger partial charge in [0.2, 0.25) is 5.78 Å². The van der Waals surface area contributed by atoms with Crippen LogP contribution < -0.4 is 4.74 Å². The number of carbonyl (C=O) groups excluding carboxylic acids is 2. The predicted molar refractivity (Wildman–Crippen MR) is 82.6 cm³/mol. The van der Waals surface area contributed by atoms with Crippen molar-refractivity contribution in [3.8, 4) is 17.2 Å². The highest BCUT2D eigenvalue weighted by Crippen LogP contribution is 2.48. The van der Waals surface area contributed by atoms with Crippen LogP contribution in [0.1, 0.15) is 46.0 Å². The number of aliphatic hydroxyl groups is 1. The largest absolute Gasteiger partial charge is 0.507 e. The minimum absolute atomic E-state index is 0.0124. The molecule has 0 fully saturated rings. The second kappa shape index (κ2) is 5.83. The van der Waals surface area contributed by atoms with E-state index in [4.69, 9.17) is 9.47 Å². The average molecular weight is 334 g/mol. The Hall–Kier alpha value is -2.54. The first-order valence-corrected chi connectivity index (χ1v) is 7.65. The SMILES string of the molecule is COC1=CC(=O)c2c(O)c3c(c(O)c2C1=O)O[C@@H](CC(C)O)CC3. The Morgan fingerprint density at radius 3 is 2.62 bits per heavy atom. The molecule has 1 aliphatic carbocycles.